The molecule has 0 saturated carbocycles. The molecule has 0 spiro atoms. The van der Waals surface area contributed by atoms with Crippen LogP contribution in [0.4, 0.5) is 35.0 Å². The van der Waals surface area contributed by atoms with Crippen LogP contribution >= 0.6 is 34.2 Å². The van der Waals surface area contributed by atoms with Gasteiger partial charge in [-0.1, -0.05) is 11.6 Å². The van der Waals surface area contributed by atoms with Crippen molar-refractivity contribution in [1.29, 1.82) is 0 Å². The molecule has 0 atom stereocenters. The molecule has 0 bridgehead atoms. The average molecular weight is 747 g/mol. The van der Waals surface area contributed by atoms with Gasteiger partial charge in [0.1, 0.15) is 5.57 Å². The number of nitro groups is 2. The second-order valence-corrected chi connectivity index (χ2v) is 10.2. The topological polar surface area (TPSA) is 171 Å². The lowest BCUT2D eigenvalue weighted by Crippen LogP contribution is -2.54. The zero-order chi connectivity index (χ0) is 32.5. The third-order valence-electron chi connectivity index (χ3n) is 5.82. The lowest BCUT2D eigenvalue weighted by atomic mass is 10.1. The molecule has 4 rings (SSSR count). The Hall–Kier alpha value is -4.78. The number of amides is 4. The SMILES string of the molecule is CCOc1cc(/C=C2\C(=O)NC(=O)N(c3cc(C(F)(F)F)ccc3Cl)C2=O)cc(I)c1Oc1ccc([N+](=O)[O-])cc1[N+](=O)[O-]. The number of halogens is 5. The highest BCUT2D eigenvalue weighted by atomic mass is 127. The monoisotopic (exact) mass is 746 g/mol. The van der Waals surface area contributed by atoms with Crippen LogP contribution in [0.2, 0.25) is 5.02 Å². The number of rotatable bonds is 8. The van der Waals surface area contributed by atoms with Crippen molar-refractivity contribution < 1.29 is 46.9 Å². The van der Waals surface area contributed by atoms with Crippen LogP contribution in [0.15, 0.2) is 54.1 Å². The molecule has 18 heteroatoms. The van der Waals surface area contributed by atoms with E-state index in [9.17, 15) is 47.8 Å². The van der Waals surface area contributed by atoms with Gasteiger partial charge in [-0.25, -0.2) is 9.69 Å². The summed E-state index contributed by atoms with van der Waals surface area (Å²) in [5.74, 6) is -2.82. The fourth-order valence-corrected chi connectivity index (χ4v) is 4.83. The van der Waals surface area contributed by atoms with Crippen molar-refractivity contribution in [3.05, 3.63) is 94.1 Å². The van der Waals surface area contributed by atoms with Crippen LogP contribution in [0, 0.1) is 23.8 Å². The first-order valence-electron chi connectivity index (χ1n) is 12.0. The maximum atomic E-state index is 13.3. The smallest absolute Gasteiger partial charge is 0.416 e. The Morgan fingerprint density at radius 3 is 2.34 bits per heavy atom. The number of hydrogen-bond donors (Lipinski definition) is 1. The Balaban J connectivity index is 1.76. The van der Waals surface area contributed by atoms with Gasteiger partial charge in [0.05, 0.1) is 42.4 Å². The first-order valence-corrected chi connectivity index (χ1v) is 13.4. The van der Waals surface area contributed by atoms with E-state index < -0.39 is 62.1 Å². The highest BCUT2D eigenvalue weighted by Gasteiger charge is 2.39. The molecular weight excluding hydrogens is 732 g/mol. The van der Waals surface area contributed by atoms with Crippen molar-refractivity contribution in [3.8, 4) is 17.2 Å². The number of non-ortho nitro benzene ring substituents is 1. The summed E-state index contributed by atoms with van der Waals surface area (Å²) in [7, 11) is 0. The highest BCUT2D eigenvalue weighted by Crippen LogP contribution is 2.42. The number of nitrogens with one attached hydrogen (secondary N) is 1. The van der Waals surface area contributed by atoms with E-state index in [1.54, 1.807) is 29.5 Å². The molecule has 1 heterocycles. The number of carbonyl (C=O) groups excluding carboxylic acids is 3. The maximum absolute atomic E-state index is 13.3. The van der Waals surface area contributed by atoms with E-state index >= 15 is 0 Å². The third kappa shape index (κ3) is 6.57. The summed E-state index contributed by atoms with van der Waals surface area (Å²) in [4.78, 5) is 59.8. The van der Waals surface area contributed by atoms with Gasteiger partial charge in [0.2, 0.25) is 5.75 Å². The van der Waals surface area contributed by atoms with E-state index in [0.29, 0.717) is 17.0 Å². The number of alkyl halides is 3. The number of nitro benzene ring substituents is 2. The number of anilines is 1. The van der Waals surface area contributed by atoms with E-state index in [-0.39, 0.29) is 38.0 Å². The molecule has 1 aliphatic rings. The summed E-state index contributed by atoms with van der Waals surface area (Å²) in [6.45, 7) is 1.67. The molecule has 1 saturated heterocycles. The Labute approximate surface area is 262 Å². The number of imide groups is 2. The summed E-state index contributed by atoms with van der Waals surface area (Å²) in [5.41, 5.74) is -3.56. The van der Waals surface area contributed by atoms with Gasteiger partial charge in [0.25, 0.3) is 17.5 Å². The molecule has 0 aliphatic carbocycles. The molecule has 0 radical (unpaired) electrons. The number of carbonyl (C=O) groups is 3. The average Bonchev–Trinajstić information content (AvgIpc) is 2.93. The van der Waals surface area contributed by atoms with Crippen LogP contribution in [-0.2, 0) is 15.8 Å². The standard InChI is InChI=1S/C26H15ClF3IN4O9/c1-2-43-21-9-12(8-17(31)22(21)44-20-6-4-14(34(39)40)11-19(20)35(41)42)7-15-23(36)32-25(38)33(24(15)37)18-10-13(26(28,29)30)3-5-16(18)27/h3-11H,2H2,1H3,(H,32,36,38)/b15-7+. The Morgan fingerprint density at radius 1 is 1.02 bits per heavy atom. The largest absolute Gasteiger partial charge is 0.490 e. The second kappa shape index (κ2) is 12.4. The first kappa shape index (κ1) is 32.1. The molecule has 0 unspecified atom stereocenters. The lowest BCUT2D eigenvalue weighted by Gasteiger charge is -2.27. The van der Waals surface area contributed by atoms with Crippen molar-refractivity contribution in [2.75, 3.05) is 11.5 Å². The van der Waals surface area contributed by atoms with E-state index in [0.717, 1.165) is 30.3 Å². The molecule has 1 N–H and O–H groups in total. The van der Waals surface area contributed by atoms with Crippen molar-refractivity contribution in [2.45, 2.75) is 13.1 Å². The number of hydrogen-bond acceptors (Lipinski definition) is 9. The van der Waals surface area contributed by atoms with Crippen LogP contribution in [0.25, 0.3) is 6.08 Å². The molecule has 13 nitrogen and oxygen atoms in total. The van der Waals surface area contributed by atoms with E-state index in [1.807, 2.05) is 5.32 Å². The Morgan fingerprint density at radius 2 is 1.73 bits per heavy atom. The summed E-state index contributed by atoms with van der Waals surface area (Å²) in [6.07, 6.45) is -3.78. The van der Waals surface area contributed by atoms with Gasteiger partial charge < -0.3 is 9.47 Å². The molecule has 3 aromatic rings. The predicted octanol–water partition coefficient (Wildman–Crippen LogP) is 6.64. The summed E-state index contributed by atoms with van der Waals surface area (Å²) < 4.78 is 51.5. The molecule has 3 aromatic carbocycles. The zero-order valence-corrected chi connectivity index (χ0v) is 24.7. The Kier molecular flexibility index (Phi) is 9.09. The summed E-state index contributed by atoms with van der Waals surface area (Å²) >= 11 is 7.79. The van der Waals surface area contributed by atoms with E-state index in [1.165, 1.54) is 12.1 Å². The third-order valence-corrected chi connectivity index (χ3v) is 6.94. The van der Waals surface area contributed by atoms with Crippen LogP contribution in [0.3, 0.4) is 0 Å². The van der Waals surface area contributed by atoms with E-state index in [4.69, 9.17) is 21.1 Å². The fraction of sp³-hybridized carbons (Fsp3) is 0.115. The number of barbiturate groups is 1. The normalized spacial score (nSPS) is 14.5. The summed E-state index contributed by atoms with van der Waals surface area (Å²) in [6, 6.07) is 6.11. The van der Waals surface area contributed by atoms with E-state index in [2.05, 4.69) is 0 Å². The molecular formula is C26H15ClF3IN4O9. The quantitative estimate of drug-likeness (QED) is 0.0873. The van der Waals surface area contributed by atoms with Gasteiger partial charge in [0, 0.05) is 6.07 Å². The van der Waals surface area contributed by atoms with Crippen LogP contribution < -0.4 is 19.7 Å². The highest BCUT2D eigenvalue weighted by molar-refractivity contribution is 14.1. The lowest BCUT2D eigenvalue weighted by molar-refractivity contribution is -0.394. The minimum absolute atomic E-state index is 0.0172. The summed E-state index contributed by atoms with van der Waals surface area (Å²) in [5, 5.41) is 24.1. The van der Waals surface area contributed by atoms with Gasteiger partial charge >= 0.3 is 17.9 Å². The molecule has 4 amide bonds. The van der Waals surface area contributed by atoms with Gasteiger partial charge in [-0.3, -0.25) is 35.1 Å². The van der Waals surface area contributed by atoms with Crippen molar-refractivity contribution in [1.82, 2.24) is 5.32 Å². The maximum Gasteiger partial charge on any atom is 0.416 e. The molecule has 1 aliphatic heterocycles. The van der Waals surface area contributed by atoms with Crippen molar-refractivity contribution in [3.63, 3.8) is 0 Å². The molecule has 44 heavy (non-hydrogen) atoms. The number of benzene rings is 3. The van der Waals surface area contributed by atoms with Crippen LogP contribution in [0.5, 0.6) is 17.2 Å². The van der Waals surface area contributed by atoms with Crippen LogP contribution in [-0.4, -0.2) is 34.3 Å². The van der Waals surface area contributed by atoms with Crippen molar-refractivity contribution in [2.24, 2.45) is 0 Å². The fourth-order valence-electron chi connectivity index (χ4n) is 3.89. The van der Waals surface area contributed by atoms with Gasteiger partial charge in [-0.05, 0) is 77.6 Å². The molecule has 0 aromatic heterocycles. The number of urea groups is 1. The minimum Gasteiger partial charge on any atom is -0.490 e. The van der Waals surface area contributed by atoms with Gasteiger partial charge in [-0.2, -0.15) is 13.2 Å². The first-order chi connectivity index (χ1) is 20.6. The minimum atomic E-state index is -4.83. The van der Waals surface area contributed by atoms with Gasteiger partial charge in [0.15, 0.2) is 11.5 Å². The van der Waals surface area contributed by atoms with Gasteiger partial charge in [-0.15, -0.1) is 0 Å². The Bertz CT molecular complexity index is 1780. The number of nitrogens with zero attached hydrogens (tertiary/aromatic N) is 3. The second-order valence-electron chi connectivity index (χ2n) is 8.65. The molecule has 228 valence electrons. The van der Waals surface area contributed by atoms with Crippen molar-refractivity contribution >= 4 is 75.2 Å². The van der Waals surface area contributed by atoms with Crippen LogP contribution in [0.1, 0.15) is 18.1 Å². The molecule has 1 fully saturated rings. The predicted molar refractivity (Wildman–Crippen MR) is 156 cm³/mol. The zero-order valence-electron chi connectivity index (χ0n) is 21.8. The number of ether oxygens (including phenoxy) is 2.